The summed E-state index contributed by atoms with van der Waals surface area (Å²) >= 11 is 11.6. The Kier molecular flexibility index (Phi) is 6.28. The highest BCUT2D eigenvalue weighted by Crippen LogP contribution is 2.25. The summed E-state index contributed by atoms with van der Waals surface area (Å²) in [7, 11) is 1.59. The van der Waals surface area contributed by atoms with Crippen LogP contribution in [0.15, 0.2) is 6.33 Å². The molecule has 8 heteroatoms. The number of nitrogens with one attached hydrogen (secondary N) is 1. The molecule has 0 spiro atoms. The third-order valence-electron chi connectivity index (χ3n) is 2.20. The van der Waals surface area contributed by atoms with Crippen LogP contribution >= 0.6 is 23.2 Å². The third-order valence-corrected chi connectivity index (χ3v) is 2.78. The summed E-state index contributed by atoms with van der Waals surface area (Å²) in [6, 6.07) is -0.660. The maximum atomic E-state index is 11.8. The molecule has 0 saturated heterocycles. The van der Waals surface area contributed by atoms with E-state index in [1.807, 2.05) is 0 Å². The van der Waals surface area contributed by atoms with Crippen molar-refractivity contribution < 1.29 is 9.53 Å². The molecule has 0 aliphatic heterocycles. The second kappa shape index (κ2) is 7.48. The molecule has 1 aromatic heterocycles. The van der Waals surface area contributed by atoms with E-state index in [9.17, 15) is 4.79 Å². The first-order valence-corrected chi connectivity index (χ1v) is 6.03. The van der Waals surface area contributed by atoms with Crippen LogP contribution in [0.4, 0.5) is 5.69 Å². The smallest absolute Gasteiger partial charge is 0.241 e. The highest BCUT2D eigenvalue weighted by molar-refractivity contribution is 6.38. The average molecular weight is 293 g/mol. The predicted molar refractivity (Wildman–Crippen MR) is 69.8 cm³/mol. The van der Waals surface area contributed by atoms with Crippen molar-refractivity contribution in [1.29, 1.82) is 0 Å². The van der Waals surface area contributed by atoms with Crippen LogP contribution in [-0.4, -0.2) is 35.6 Å². The number of carbonyl (C=O) groups is 1. The minimum atomic E-state index is -0.660. The molecule has 1 amide bonds. The van der Waals surface area contributed by atoms with Crippen molar-refractivity contribution in [2.45, 2.75) is 18.9 Å². The zero-order valence-corrected chi connectivity index (χ0v) is 11.3. The van der Waals surface area contributed by atoms with Crippen molar-refractivity contribution in [2.24, 2.45) is 5.73 Å². The van der Waals surface area contributed by atoms with Gasteiger partial charge in [-0.15, -0.1) is 0 Å². The van der Waals surface area contributed by atoms with Gasteiger partial charge in [-0.25, -0.2) is 9.97 Å². The van der Waals surface area contributed by atoms with Gasteiger partial charge in [0.05, 0.1) is 6.04 Å². The first kappa shape index (κ1) is 15.1. The van der Waals surface area contributed by atoms with Crippen LogP contribution in [0.1, 0.15) is 12.8 Å². The van der Waals surface area contributed by atoms with Crippen molar-refractivity contribution in [1.82, 2.24) is 9.97 Å². The Morgan fingerprint density at radius 1 is 1.50 bits per heavy atom. The van der Waals surface area contributed by atoms with Crippen LogP contribution < -0.4 is 11.1 Å². The lowest BCUT2D eigenvalue weighted by molar-refractivity contribution is -0.117. The van der Waals surface area contributed by atoms with Crippen LogP contribution in [0.5, 0.6) is 0 Å². The Morgan fingerprint density at radius 3 is 2.67 bits per heavy atom. The summed E-state index contributed by atoms with van der Waals surface area (Å²) in [4.78, 5) is 19.2. The van der Waals surface area contributed by atoms with Gasteiger partial charge in [-0.3, -0.25) is 4.79 Å². The fourth-order valence-electron chi connectivity index (χ4n) is 1.24. The van der Waals surface area contributed by atoms with Gasteiger partial charge in [0, 0.05) is 13.7 Å². The molecule has 1 unspecified atom stereocenters. The number of nitrogens with two attached hydrogens (primary N) is 1. The second-order valence-corrected chi connectivity index (χ2v) is 4.28. The highest BCUT2D eigenvalue weighted by atomic mass is 35.5. The first-order valence-electron chi connectivity index (χ1n) is 5.27. The van der Waals surface area contributed by atoms with Crippen molar-refractivity contribution >= 4 is 34.8 Å². The van der Waals surface area contributed by atoms with Gasteiger partial charge in [0.15, 0.2) is 10.3 Å². The molecule has 1 aromatic rings. The van der Waals surface area contributed by atoms with Crippen LogP contribution in [-0.2, 0) is 9.53 Å². The number of hydrogen-bond donors (Lipinski definition) is 2. The molecule has 6 nitrogen and oxygen atoms in total. The average Bonchev–Trinajstić information content (AvgIpc) is 2.34. The lowest BCUT2D eigenvalue weighted by atomic mass is 10.1. The monoisotopic (exact) mass is 292 g/mol. The van der Waals surface area contributed by atoms with E-state index < -0.39 is 6.04 Å². The zero-order valence-electron chi connectivity index (χ0n) is 9.82. The van der Waals surface area contributed by atoms with Gasteiger partial charge < -0.3 is 15.8 Å². The molecule has 0 saturated carbocycles. The number of carbonyl (C=O) groups excluding carboxylic acids is 1. The van der Waals surface area contributed by atoms with E-state index in [4.69, 9.17) is 33.7 Å². The molecule has 3 N–H and O–H groups in total. The van der Waals surface area contributed by atoms with Crippen molar-refractivity contribution in [3.63, 3.8) is 0 Å². The number of hydrogen-bond acceptors (Lipinski definition) is 5. The number of ether oxygens (including phenoxy) is 1. The summed E-state index contributed by atoms with van der Waals surface area (Å²) in [6.45, 7) is 0.553. The normalized spacial score (nSPS) is 12.2. The largest absolute Gasteiger partial charge is 0.385 e. The number of aromatic nitrogens is 2. The summed E-state index contributed by atoms with van der Waals surface area (Å²) in [5.41, 5.74) is 5.89. The fourth-order valence-corrected chi connectivity index (χ4v) is 1.65. The van der Waals surface area contributed by atoms with Gasteiger partial charge >= 0.3 is 0 Å². The molecule has 0 radical (unpaired) electrons. The van der Waals surface area contributed by atoms with E-state index in [2.05, 4.69) is 15.3 Å². The van der Waals surface area contributed by atoms with Gasteiger partial charge in [-0.05, 0) is 12.8 Å². The van der Waals surface area contributed by atoms with E-state index in [1.54, 1.807) is 7.11 Å². The summed E-state index contributed by atoms with van der Waals surface area (Å²) in [6.07, 6.45) is 2.40. The molecular formula is C10H14Cl2N4O2. The van der Waals surface area contributed by atoms with Gasteiger partial charge in [0.2, 0.25) is 5.91 Å². The zero-order chi connectivity index (χ0) is 13.5. The van der Waals surface area contributed by atoms with Crippen molar-refractivity contribution in [3.05, 3.63) is 16.6 Å². The summed E-state index contributed by atoms with van der Waals surface area (Å²) in [5.74, 6) is -0.385. The van der Waals surface area contributed by atoms with Crippen LogP contribution in [0.2, 0.25) is 10.3 Å². The number of halogens is 2. The van der Waals surface area contributed by atoms with Gasteiger partial charge in [-0.2, -0.15) is 0 Å². The molecule has 1 rings (SSSR count). The number of rotatable bonds is 6. The maximum absolute atomic E-state index is 11.8. The van der Waals surface area contributed by atoms with Crippen LogP contribution in [0.25, 0.3) is 0 Å². The highest BCUT2D eigenvalue weighted by Gasteiger charge is 2.17. The summed E-state index contributed by atoms with van der Waals surface area (Å²) < 4.78 is 4.88. The molecular weight excluding hydrogens is 279 g/mol. The Labute approximate surface area is 115 Å². The Hall–Kier alpha value is -0.950. The number of anilines is 1. The minimum absolute atomic E-state index is 0.0763. The van der Waals surface area contributed by atoms with E-state index in [0.29, 0.717) is 19.4 Å². The molecule has 18 heavy (non-hydrogen) atoms. The second-order valence-electron chi connectivity index (χ2n) is 3.56. The lowest BCUT2D eigenvalue weighted by Gasteiger charge is -2.12. The van der Waals surface area contributed by atoms with E-state index >= 15 is 0 Å². The first-order chi connectivity index (χ1) is 8.56. The van der Waals surface area contributed by atoms with Crippen LogP contribution in [0, 0.1) is 0 Å². The van der Waals surface area contributed by atoms with Crippen molar-refractivity contribution in [2.75, 3.05) is 19.0 Å². The molecule has 100 valence electrons. The molecule has 0 aliphatic rings. The molecule has 0 aliphatic carbocycles. The van der Waals surface area contributed by atoms with Crippen LogP contribution in [0.3, 0.4) is 0 Å². The minimum Gasteiger partial charge on any atom is -0.385 e. The van der Waals surface area contributed by atoms with E-state index in [1.165, 1.54) is 6.33 Å². The topological polar surface area (TPSA) is 90.1 Å². The lowest BCUT2D eigenvalue weighted by Crippen LogP contribution is -2.36. The molecule has 0 fully saturated rings. The van der Waals surface area contributed by atoms with E-state index in [-0.39, 0.29) is 21.9 Å². The quantitative estimate of drug-likeness (QED) is 0.612. The van der Waals surface area contributed by atoms with Gasteiger partial charge in [0.25, 0.3) is 0 Å². The Morgan fingerprint density at radius 2 is 2.11 bits per heavy atom. The molecule has 0 bridgehead atoms. The molecule has 1 atom stereocenters. The standard InChI is InChI=1S/C10H14Cl2N4O2/c1-18-4-2-3-6(13)10(17)16-7-8(11)14-5-15-9(7)12/h5-6H,2-4,13H2,1H3,(H,16,17). The molecule has 1 heterocycles. The van der Waals surface area contributed by atoms with Crippen molar-refractivity contribution in [3.8, 4) is 0 Å². The SMILES string of the molecule is COCCCC(N)C(=O)Nc1c(Cl)ncnc1Cl. The predicted octanol–water partition coefficient (Wildman–Crippen LogP) is 1.48. The van der Waals surface area contributed by atoms with Gasteiger partial charge in [-0.1, -0.05) is 23.2 Å². The Balaban J connectivity index is 2.58. The Bertz CT molecular complexity index is 397. The molecule has 0 aromatic carbocycles. The maximum Gasteiger partial charge on any atom is 0.241 e. The number of nitrogens with zero attached hydrogens (tertiary/aromatic N) is 2. The van der Waals surface area contributed by atoms with E-state index in [0.717, 1.165) is 0 Å². The third kappa shape index (κ3) is 4.38. The fraction of sp³-hybridized carbons (Fsp3) is 0.500. The number of methoxy groups -OCH3 is 1. The number of amides is 1. The van der Waals surface area contributed by atoms with Gasteiger partial charge in [0.1, 0.15) is 12.0 Å². The summed E-state index contributed by atoms with van der Waals surface area (Å²) in [5, 5.41) is 2.66.